The van der Waals surface area contributed by atoms with E-state index in [1.807, 2.05) is 18.2 Å². The topological polar surface area (TPSA) is 108 Å². The minimum Gasteiger partial charge on any atom is -0.486 e. The first-order valence-electron chi connectivity index (χ1n) is 11.6. The number of para-hydroxylation sites is 1. The smallest absolute Gasteiger partial charge is 0.249 e. The van der Waals surface area contributed by atoms with E-state index in [-0.39, 0.29) is 32.2 Å². The van der Waals surface area contributed by atoms with Gasteiger partial charge in [0.25, 0.3) is 0 Å². The SMILES string of the molecule is CCOCC(=O)N(Cc1ccc(F)cc1)C1C=C(C(=O)NCCO)C2c3ccccc3OC2C1O. The number of carbonyl (C=O) groups is 2. The Morgan fingerprint density at radius 3 is 2.63 bits per heavy atom. The molecule has 4 rings (SSSR count). The van der Waals surface area contributed by atoms with Crippen LogP contribution in [0.5, 0.6) is 5.75 Å². The first-order valence-corrected chi connectivity index (χ1v) is 11.6. The van der Waals surface area contributed by atoms with Gasteiger partial charge in [0.2, 0.25) is 11.8 Å². The Balaban J connectivity index is 1.74. The number of aliphatic hydroxyl groups excluding tert-OH is 2. The second-order valence-corrected chi connectivity index (χ2v) is 8.47. The minimum atomic E-state index is -1.15. The molecule has 2 amide bonds. The van der Waals surface area contributed by atoms with Crippen LogP contribution in [0.1, 0.15) is 24.0 Å². The molecule has 0 radical (unpaired) electrons. The number of amides is 2. The Labute approximate surface area is 203 Å². The molecule has 0 bridgehead atoms. The van der Waals surface area contributed by atoms with Gasteiger partial charge in [-0.3, -0.25) is 9.59 Å². The van der Waals surface area contributed by atoms with Gasteiger partial charge in [-0.1, -0.05) is 30.3 Å². The number of nitrogens with zero attached hydrogens (tertiary/aromatic N) is 1. The molecule has 1 aliphatic heterocycles. The number of hydrogen-bond donors (Lipinski definition) is 3. The molecule has 186 valence electrons. The van der Waals surface area contributed by atoms with Gasteiger partial charge in [-0.05, 0) is 36.8 Å². The molecule has 0 saturated carbocycles. The number of nitrogens with one attached hydrogen (secondary N) is 1. The number of fused-ring (bicyclic) bond motifs is 3. The molecule has 35 heavy (non-hydrogen) atoms. The van der Waals surface area contributed by atoms with E-state index in [2.05, 4.69) is 5.32 Å². The summed E-state index contributed by atoms with van der Waals surface area (Å²) in [6.07, 6.45) is -0.349. The van der Waals surface area contributed by atoms with Crippen LogP contribution >= 0.6 is 0 Å². The van der Waals surface area contributed by atoms with Crippen LogP contribution in [-0.4, -0.2) is 71.5 Å². The lowest BCUT2D eigenvalue weighted by molar-refractivity contribution is -0.142. The molecule has 4 unspecified atom stereocenters. The molecule has 4 atom stereocenters. The van der Waals surface area contributed by atoms with Crippen molar-refractivity contribution in [3.8, 4) is 5.75 Å². The van der Waals surface area contributed by atoms with Gasteiger partial charge in [-0.2, -0.15) is 0 Å². The Bertz CT molecular complexity index is 1090. The average Bonchev–Trinajstić information content (AvgIpc) is 3.26. The first-order chi connectivity index (χ1) is 16.9. The number of benzene rings is 2. The zero-order valence-electron chi connectivity index (χ0n) is 19.4. The lowest BCUT2D eigenvalue weighted by Gasteiger charge is -2.40. The number of aliphatic hydroxyl groups is 2. The predicted octanol–water partition coefficient (Wildman–Crippen LogP) is 1.51. The summed E-state index contributed by atoms with van der Waals surface area (Å²) in [6.45, 7) is 1.79. The highest BCUT2D eigenvalue weighted by Gasteiger charge is 2.50. The zero-order chi connectivity index (χ0) is 24.9. The molecule has 0 saturated heterocycles. The maximum Gasteiger partial charge on any atom is 0.249 e. The lowest BCUT2D eigenvalue weighted by Crippen LogP contribution is -2.56. The highest BCUT2D eigenvalue weighted by Crippen LogP contribution is 2.47. The van der Waals surface area contributed by atoms with Crippen molar-refractivity contribution in [2.75, 3.05) is 26.4 Å². The van der Waals surface area contributed by atoms with Crippen molar-refractivity contribution in [2.45, 2.75) is 37.6 Å². The van der Waals surface area contributed by atoms with Crippen molar-refractivity contribution in [2.24, 2.45) is 0 Å². The molecule has 2 aromatic carbocycles. The minimum absolute atomic E-state index is 0.0614. The number of ether oxygens (including phenoxy) is 2. The van der Waals surface area contributed by atoms with E-state index in [0.29, 0.717) is 23.5 Å². The summed E-state index contributed by atoms with van der Waals surface area (Å²) in [5.41, 5.74) is 1.77. The Morgan fingerprint density at radius 2 is 1.91 bits per heavy atom. The molecule has 0 fully saturated rings. The fraction of sp³-hybridized carbons (Fsp3) is 0.385. The summed E-state index contributed by atoms with van der Waals surface area (Å²) in [5.74, 6) is -1.17. The van der Waals surface area contributed by atoms with E-state index in [1.54, 1.807) is 31.2 Å². The molecule has 2 aromatic rings. The highest BCUT2D eigenvalue weighted by molar-refractivity contribution is 5.96. The number of halogens is 1. The van der Waals surface area contributed by atoms with E-state index in [9.17, 15) is 24.2 Å². The van der Waals surface area contributed by atoms with Crippen molar-refractivity contribution < 1.29 is 33.7 Å². The van der Waals surface area contributed by atoms with Gasteiger partial charge >= 0.3 is 0 Å². The van der Waals surface area contributed by atoms with E-state index < -0.39 is 35.9 Å². The van der Waals surface area contributed by atoms with Crippen LogP contribution < -0.4 is 10.1 Å². The summed E-state index contributed by atoms with van der Waals surface area (Å²) in [5, 5.41) is 23.3. The van der Waals surface area contributed by atoms with Crippen LogP contribution in [0.4, 0.5) is 4.39 Å². The van der Waals surface area contributed by atoms with Crippen LogP contribution in [0.2, 0.25) is 0 Å². The standard InChI is InChI=1S/C26H29FN2O6/c1-2-34-15-22(31)29(14-16-7-9-17(27)10-8-16)20-13-19(26(33)28-11-12-30)23-18-5-3-4-6-21(18)35-25(23)24(20)32/h3-10,13,20,23-25,30,32H,2,11-12,14-15H2,1H3,(H,28,33). The van der Waals surface area contributed by atoms with Crippen LogP contribution in [0.25, 0.3) is 0 Å². The van der Waals surface area contributed by atoms with Crippen LogP contribution in [0.3, 0.4) is 0 Å². The quantitative estimate of drug-likeness (QED) is 0.498. The molecule has 0 aromatic heterocycles. The fourth-order valence-electron chi connectivity index (χ4n) is 4.61. The van der Waals surface area contributed by atoms with Gasteiger partial charge in [-0.25, -0.2) is 4.39 Å². The fourth-order valence-corrected chi connectivity index (χ4v) is 4.61. The van der Waals surface area contributed by atoms with Gasteiger partial charge in [0.05, 0.1) is 18.6 Å². The molecule has 2 aliphatic rings. The van der Waals surface area contributed by atoms with E-state index >= 15 is 0 Å². The average molecular weight is 485 g/mol. The summed E-state index contributed by atoms with van der Waals surface area (Å²) in [4.78, 5) is 27.7. The third kappa shape index (κ3) is 5.22. The highest BCUT2D eigenvalue weighted by atomic mass is 19.1. The Hall–Kier alpha value is -3.27. The summed E-state index contributed by atoms with van der Waals surface area (Å²) >= 11 is 0. The summed E-state index contributed by atoms with van der Waals surface area (Å²) in [7, 11) is 0. The van der Waals surface area contributed by atoms with Crippen molar-refractivity contribution in [3.63, 3.8) is 0 Å². The molecular formula is C26H29FN2O6. The number of rotatable bonds is 9. The van der Waals surface area contributed by atoms with Crippen LogP contribution in [0.15, 0.2) is 60.2 Å². The van der Waals surface area contributed by atoms with Gasteiger partial charge in [0.15, 0.2) is 0 Å². The van der Waals surface area contributed by atoms with Crippen LogP contribution in [0, 0.1) is 5.82 Å². The summed E-state index contributed by atoms with van der Waals surface area (Å²) < 4.78 is 24.9. The third-order valence-corrected chi connectivity index (χ3v) is 6.25. The molecule has 9 heteroatoms. The molecule has 3 N–H and O–H groups in total. The summed E-state index contributed by atoms with van der Waals surface area (Å²) in [6, 6.07) is 12.1. The number of hydrogen-bond acceptors (Lipinski definition) is 6. The lowest BCUT2D eigenvalue weighted by atomic mass is 9.77. The maximum absolute atomic E-state index is 13.5. The Morgan fingerprint density at radius 1 is 1.17 bits per heavy atom. The monoisotopic (exact) mass is 484 g/mol. The van der Waals surface area contributed by atoms with E-state index in [0.717, 1.165) is 5.56 Å². The van der Waals surface area contributed by atoms with Crippen molar-refractivity contribution in [1.29, 1.82) is 0 Å². The molecule has 1 heterocycles. The van der Waals surface area contributed by atoms with E-state index in [4.69, 9.17) is 9.47 Å². The maximum atomic E-state index is 13.5. The molecular weight excluding hydrogens is 455 g/mol. The molecule has 0 spiro atoms. The van der Waals surface area contributed by atoms with E-state index in [1.165, 1.54) is 17.0 Å². The molecule has 8 nitrogen and oxygen atoms in total. The number of carbonyl (C=O) groups excluding carboxylic acids is 2. The van der Waals surface area contributed by atoms with Crippen molar-refractivity contribution in [1.82, 2.24) is 10.2 Å². The second-order valence-electron chi connectivity index (χ2n) is 8.47. The zero-order valence-corrected chi connectivity index (χ0v) is 19.4. The van der Waals surface area contributed by atoms with Crippen molar-refractivity contribution >= 4 is 11.8 Å². The third-order valence-electron chi connectivity index (χ3n) is 6.25. The van der Waals surface area contributed by atoms with Gasteiger partial charge in [0, 0.05) is 30.8 Å². The van der Waals surface area contributed by atoms with Gasteiger partial charge in [0.1, 0.15) is 30.4 Å². The largest absolute Gasteiger partial charge is 0.486 e. The Kier molecular flexibility index (Phi) is 7.80. The predicted molar refractivity (Wildman–Crippen MR) is 125 cm³/mol. The normalized spacial score (nSPS) is 22.5. The van der Waals surface area contributed by atoms with Gasteiger partial charge < -0.3 is 29.9 Å². The van der Waals surface area contributed by atoms with Crippen LogP contribution in [-0.2, 0) is 20.9 Å². The first kappa shape index (κ1) is 24.8. The second kappa shape index (κ2) is 11.0. The molecule has 1 aliphatic carbocycles. The van der Waals surface area contributed by atoms with Gasteiger partial charge in [-0.15, -0.1) is 0 Å². The van der Waals surface area contributed by atoms with Crippen molar-refractivity contribution in [3.05, 3.63) is 77.1 Å².